The van der Waals surface area contributed by atoms with Crippen molar-refractivity contribution < 1.29 is 19.4 Å². The average molecular weight is 228 g/mol. The SMILES string of the molecule is CCN(CCO)c1nccc(C(=O)O)c1F. The molecule has 1 heterocycles. The zero-order valence-electron chi connectivity index (χ0n) is 8.85. The Bertz CT molecular complexity index is 384. The topological polar surface area (TPSA) is 73.7 Å². The molecule has 0 radical (unpaired) electrons. The molecule has 2 N–H and O–H groups in total. The lowest BCUT2D eigenvalue weighted by Gasteiger charge is -2.21. The van der Waals surface area contributed by atoms with Crippen LogP contribution in [0.25, 0.3) is 0 Å². The molecule has 0 aromatic carbocycles. The van der Waals surface area contributed by atoms with Crippen LogP contribution in [0.2, 0.25) is 0 Å². The van der Waals surface area contributed by atoms with E-state index in [0.29, 0.717) is 6.54 Å². The number of aromatic nitrogens is 1. The van der Waals surface area contributed by atoms with E-state index in [1.807, 2.05) is 0 Å². The Morgan fingerprint density at radius 1 is 1.62 bits per heavy atom. The largest absolute Gasteiger partial charge is 0.478 e. The summed E-state index contributed by atoms with van der Waals surface area (Å²) in [6, 6.07) is 1.11. The van der Waals surface area contributed by atoms with Crippen molar-refractivity contribution in [3.63, 3.8) is 0 Å². The number of pyridine rings is 1. The number of nitrogens with zero attached hydrogens (tertiary/aromatic N) is 2. The minimum Gasteiger partial charge on any atom is -0.478 e. The Kier molecular flexibility index (Phi) is 4.19. The van der Waals surface area contributed by atoms with Gasteiger partial charge in [-0.15, -0.1) is 0 Å². The van der Waals surface area contributed by atoms with E-state index < -0.39 is 17.3 Å². The van der Waals surface area contributed by atoms with Gasteiger partial charge >= 0.3 is 5.97 Å². The first-order valence-corrected chi connectivity index (χ1v) is 4.85. The van der Waals surface area contributed by atoms with Crippen molar-refractivity contribution in [2.24, 2.45) is 0 Å². The number of hydrogen-bond donors (Lipinski definition) is 2. The highest BCUT2D eigenvalue weighted by Gasteiger charge is 2.18. The molecule has 0 bridgehead atoms. The number of carboxylic acids is 1. The molecule has 1 aromatic heterocycles. The molecule has 1 aromatic rings. The molecular formula is C10H13FN2O3. The third-order valence-corrected chi connectivity index (χ3v) is 2.15. The number of aliphatic hydroxyl groups excluding tert-OH is 1. The fraction of sp³-hybridized carbons (Fsp3) is 0.400. The first-order chi connectivity index (χ1) is 7.61. The van der Waals surface area contributed by atoms with Crippen LogP contribution in [0.4, 0.5) is 10.2 Å². The Balaban J connectivity index is 3.12. The highest BCUT2D eigenvalue weighted by atomic mass is 19.1. The van der Waals surface area contributed by atoms with Gasteiger partial charge in [-0.1, -0.05) is 0 Å². The molecule has 6 heteroatoms. The van der Waals surface area contributed by atoms with E-state index in [9.17, 15) is 9.18 Å². The van der Waals surface area contributed by atoms with Crippen molar-refractivity contribution in [2.45, 2.75) is 6.92 Å². The van der Waals surface area contributed by atoms with Crippen molar-refractivity contribution >= 4 is 11.8 Å². The van der Waals surface area contributed by atoms with Crippen molar-refractivity contribution in [3.8, 4) is 0 Å². The van der Waals surface area contributed by atoms with Crippen LogP contribution in [0.1, 0.15) is 17.3 Å². The molecule has 0 unspecified atom stereocenters. The van der Waals surface area contributed by atoms with Crippen LogP contribution in [0.5, 0.6) is 0 Å². The summed E-state index contributed by atoms with van der Waals surface area (Å²) < 4.78 is 13.7. The summed E-state index contributed by atoms with van der Waals surface area (Å²) in [7, 11) is 0. The third-order valence-electron chi connectivity index (χ3n) is 2.15. The summed E-state index contributed by atoms with van der Waals surface area (Å²) in [6.07, 6.45) is 1.24. The number of halogens is 1. The van der Waals surface area contributed by atoms with Crippen molar-refractivity contribution in [1.29, 1.82) is 0 Å². The molecule has 0 spiro atoms. The molecule has 88 valence electrons. The third kappa shape index (κ3) is 2.46. The van der Waals surface area contributed by atoms with Gasteiger partial charge in [0.15, 0.2) is 11.6 Å². The van der Waals surface area contributed by atoms with Crippen LogP contribution in [-0.4, -0.2) is 40.9 Å². The molecule has 0 aliphatic heterocycles. The van der Waals surface area contributed by atoms with E-state index in [0.717, 1.165) is 6.07 Å². The van der Waals surface area contributed by atoms with E-state index in [4.69, 9.17) is 10.2 Å². The van der Waals surface area contributed by atoms with E-state index >= 15 is 0 Å². The van der Waals surface area contributed by atoms with Gasteiger partial charge in [-0.05, 0) is 13.0 Å². The maximum absolute atomic E-state index is 13.7. The average Bonchev–Trinajstić information content (AvgIpc) is 2.26. The van der Waals surface area contributed by atoms with Gasteiger partial charge in [-0.3, -0.25) is 0 Å². The lowest BCUT2D eigenvalue weighted by atomic mass is 10.2. The van der Waals surface area contributed by atoms with Crippen molar-refractivity contribution in [1.82, 2.24) is 4.98 Å². The summed E-state index contributed by atoms with van der Waals surface area (Å²) in [5, 5.41) is 17.5. The smallest absolute Gasteiger partial charge is 0.338 e. The van der Waals surface area contributed by atoms with Gasteiger partial charge < -0.3 is 15.1 Å². The van der Waals surface area contributed by atoms with E-state index in [2.05, 4.69) is 4.98 Å². The molecule has 0 saturated carbocycles. The van der Waals surface area contributed by atoms with E-state index in [-0.39, 0.29) is 19.0 Å². The summed E-state index contributed by atoms with van der Waals surface area (Å²) in [5.41, 5.74) is -0.415. The van der Waals surface area contributed by atoms with Gasteiger partial charge in [0.1, 0.15) is 5.56 Å². The number of aliphatic hydroxyl groups is 1. The number of anilines is 1. The second kappa shape index (κ2) is 5.41. The van der Waals surface area contributed by atoms with Crippen molar-refractivity contribution in [2.75, 3.05) is 24.6 Å². The summed E-state index contributed by atoms with van der Waals surface area (Å²) in [5.74, 6) is -2.25. The standard InChI is InChI=1S/C10H13FN2O3/c1-2-13(5-6-14)9-8(11)7(10(15)16)3-4-12-9/h3-4,14H,2,5-6H2,1H3,(H,15,16). The van der Waals surface area contributed by atoms with Crippen LogP contribution < -0.4 is 4.90 Å². The lowest BCUT2D eigenvalue weighted by molar-refractivity contribution is 0.0691. The molecule has 0 atom stereocenters. The molecular weight excluding hydrogens is 215 g/mol. The quantitative estimate of drug-likeness (QED) is 0.777. The molecule has 0 amide bonds. The molecule has 1 rings (SSSR count). The van der Waals surface area contributed by atoms with Crippen LogP contribution in [0.15, 0.2) is 12.3 Å². The molecule has 0 aliphatic carbocycles. The molecule has 5 nitrogen and oxygen atoms in total. The number of hydrogen-bond acceptors (Lipinski definition) is 4. The Morgan fingerprint density at radius 3 is 2.81 bits per heavy atom. The summed E-state index contributed by atoms with van der Waals surface area (Å²) in [4.78, 5) is 16.0. The van der Waals surface area contributed by atoms with Gasteiger partial charge in [0.05, 0.1) is 6.61 Å². The monoisotopic (exact) mass is 228 g/mol. The Hall–Kier alpha value is -1.69. The van der Waals surface area contributed by atoms with E-state index in [1.165, 1.54) is 11.1 Å². The number of carboxylic acid groups (broad SMARTS) is 1. The van der Waals surface area contributed by atoms with Gasteiger partial charge in [0.2, 0.25) is 0 Å². The summed E-state index contributed by atoms with van der Waals surface area (Å²) >= 11 is 0. The predicted octanol–water partition coefficient (Wildman–Crippen LogP) is 0.737. The zero-order valence-corrected chi connectivity index (χ0v) is 8.85. The number of rotatable bonds is 5. The minimum atomic E-state index is -1.33. The second-order valence-electron chi connectivity index (χ2n) is 3.10. The van der Waals surface area contributed by atoms with Crippen LogP contribution in [0.3, 0.4) is 0 Å². The molecule has 0 saturated heterocycles. The van der Waals surface area contributed by atoms with Crippen LogP contribution >= 0.6 is 0 Å². The zero-order chi connectivity index (χ0) is 12.1. The maximum Gasteiger partial charge on any atom is 0.338 e. The normalized spacial score (nSPS) is 10.2. The van der Waals surface area contributed by atoms with Crippen molar-refractivity contribution in [3.05, 3.63) is 23.6 Å². The van der Waals surface area contributed by atoms with Gasteiger partial charge in [-0.25, -0.2) is 14.2 Å². The first kappa shape index (κ1) is 12.4. The Labute approximate surface area is 92.2 Å². The lowest BCUT2D eigenvalue weighted by Crippen LogP contribution is -2.28. The second-order valence-corrected chi connectivity index (χ2v) is 3.10. The number of likely N-dealkylation sites (N-methyl/N-ethyl adjacent to an activating group) is 1. The highest BCUT2D eigenvalue weighted by Crippen LogP contribution is 2.18. The van der Waals surface area contributed by atoms with Gasteiger partial charge in [0.25, 0.3) is 0 Å². The fourth-order valence-corrected chi connectivity index (χ4v) is 1.35. The van der Waals surface area contributed by atoms with Gasteiger partial charge in [-0.2, -0.15) is 0 Å². The summed E-state index contributed by atoms with van der Waals surface area (Å²) in [6.45, 7) is 2.27. The highest BCUT2D eigenvalue weighted by molar-refractivity contribution is 5.88. The number of aromatic carboxylic acids is 1. The fourth-order valence-electron chi connectivity index (χ4n) is 1.35. The minimum absolute atomic E-state index is 0.0450. The van der Waals surface area contributed by atoms with Gasteiger partial charge in [0, 0.05) is 19.3 Å². The molecule has 0 fully saturated rings. The van der Waals surface area contributed by atoms with Crippen LogP contribution in [0, 0.1) is 5.82 Å². The number of carbonyl (C=O) groups is 1. The molecule has 0 aliphatic rings. The predicted molar refractivity (Wildman–Crippen MR) is 56.1 cm³/mol. The molecule has 16 heavy (non-hydrogen) atoms. The first-order valence-electron chi connectivity index (χ1n) is 4.85. The maximum atomic E-state index is 13.7. The Morgan fingerprint density at radius 2 is 2.31 bits per heavy atom. The van der Waals surface area contributed by atoms with Crippen LogP contribution in [-0.2, 0) is 0 Å². The van der Waals surface area contributed by atoms with E-state index in [1.54, 1.807) is 6.92 Å².